The summed E-state index contributed by atoms with van der Waals surface area (Å²) < 4.78 is 54.6. The summed E-state index contributed by atoms with van der Waals surface area (Å²) in [5, 5.41) is 0. The van der Waals surface area contributed by atoms with Gasteiger partial charge < -0.3 is 5.73 Å². The van der Waals surface area contributed by atoms with E-state index >= 15 is 0 Å². The second kappa shape index (κ2) is 5.93. The number of nitrogens with two attached hydrogens (primary N) is 1. The van der Waals surface area contributed by atoms with Crippen molar-refractivity contribution in [2.24, 2.45) is 5.73 Å². The summed E-state index contributed by atoms with van der Waals surface area (Å²) in [7, 11) is 0. The van der Waals surface area contributed by atoms with Crippen molar-refractivity contribution in [2.45, 2.75) is 12.5 Å². The Kier molecular flexibility index (Phi) is 4.45. The average Bonchev–Trinajstić information content (AvgIpc) is 2.39. The van der Waals surface area contributed by atoms with Gasteiger partial charge in [-0.2, -0.15) is 0 Å². The molecule has 0 aliphatic rings. The zero-order valence-corrected chi connectivity index (χ0v) is 11.7. The molecule has 1 unspecified atom stereocenters. The Morgan fingerprint density at radius 1 is 0.950 bits per heavy atom. The molecule has 0 saturated heterocycles. The molecule has 0 bridgehead atoms. The summed E-state index contributed by atoms with van der Waals surface area (Å²) in [4.78, 5) is 0. The van der Waals surface area contributed by atoms with Crippen molar-refractivity contribution in [3.05, 3.63) is 69.2 Å². The van der Waals surface area contributed by atoms with Gasteiger partial charge in [-0.3, -0.25) is 0 Å². The lowest BCUT2D eigenvalue weighted by atomic mass is 9.98. The Labute approximate surface area is 121 Å². The van der Waals surface area contributed by atoms with Gasteiger partial charge in [0.2, 0.25) is 0 Å². The Hall–Kier alpha value is -1.40. The molecule has 0 saturated carbocycles. The summed E-state index contributed by atoms with van der Waals surface area (Å²) >= 11 is 2.92. The molecule has 20 heavy (non-hydrogen) atoms. The first-order valence-corrected chi connectivity index (χ1v) is 6.53. The summed E-state index contributed by atoms with van der Waals surface area (Å²) in [6.45, 7) is 0. The van der Waals surface area contributed by atoms with Crippen LogP contribution in [0.3, 0.4) is 0 Å². The van der Waals surface area contributed by atoms with E-state index < -0.39 is 34.9 Å². The quantitative estimate of drug-likeness (QED) is 0.651. The van der Waals surface area contributed by atoms with Crippen LogP contribution in [-0.2, 0) is 6.42 Å². The number of benzene rings is 2. The maximum absolute atomic E-state index is 13.9. The van der Waals surface area contributed by atoms with E-state index in [1.807, 2.05) is 0 Å². The van der Waals surface area contributed by atoms with Gasteiger partial charge in [-0.15, -0.1) is 0 Å². The van der Waals surface area contributed by atoms with Crippen LogP contribution in [0.1, 0.15) is 17.2 Å². The number of hydrogen-bond acceptors (Lipinski definition) is 1. The summed E-state index contributed by atoms with van der Waals surface area (Å²) in [5.74, 6) is -3.31. The van der Waals surface area contributed by atoms with Gasteiger partial charge in [-0.1, -0.05) is 6.07 Å². The molecule has 1 atom stereocenters. The van der Waals surface area contributed by atoms with Crippen LogP contribution in [0.25, 0.3) is 0 Å². The van der Waals surface area contributed by atoms with E-state index in [0.717, 1.165) is 18.2 Å². The second-order valence-corrected chi connectivity index (χ2v) is 5.12. The molecular formula is C14H10BrF4N. The zero-order chi connectivity index (χ0) is 14.9. The first-order chi connectivity index (χ1) is 9.41. The minimum atomic E-state index is -1.20. The molecule has 106 valence electrons. The monoisotopic (exact) mass is 347 g/mol. The predicted octanol–water partition coefficient (Wildman–Crippen LogP) is 4.25. The van der Waals surface area contributed by atoms with Gasteiger partial charge in [-0.25, -0.2) is 17.6 Å². The third-order valence-corrected chi connectivity index (χ3v) is 3.55. The SMILES string of the molecule is NC(Cc1c(F)cccc1F)c1c(F)ccc(Br)c1F. The van der Waals surface area contributed by atoms with Gasteiger partial charge in [0.15, 0.2) is 0 Å². The van der Waals surface area contributed by atoms with Crippen molar-refractivity contribution in [3.63, 3.8) is 0 Å². The lowest BCUT2D eigenvalue weighted by molar-refractivity contribution is 0.501. The van der Waals surface area contributed by atoms with Crippen molar-refractivity contribution < 1.29 is 17.6 Å². The Morgan fingerprint density at radius 2 is 1.55 bits per heavy atom. The van der Waals surface area contributed by atoms with E-state index in [0.29, 0.717) is 0 Å². The fourth-order valence-corrected chi connectivity index (χ4v) is 2.28. The fourth-order valence-electron chi connectivity index (χ4n) is 1.93. The van der Waals surface area contributed by atoms with Crippen LogP contribution in [0.5, 0.6) is 0 Å². The first-order valence-electron chi connectivity index (χ1n) is 5.73. The van der Waals surface area contributed by atoms with E-state index in [4.69, 9.17) is 5.73 Å². The van der Waals surface area contributed by atoms with E-state index in [9.17, 15) is 17.6 Å². The Balaban J connectivity index is 2.38. The van der Waals surface area contributed by atoms with Crippen LogP contribution >= 0.6 is 15.9 Å². The molecule has 2 N–H and O–H groups in total. The molecule has 6 heteroatoms. The molecule has 0 fully saturated rings. The molecule has 0 spiro atoms. The normalized spacial score (nSPS) is 12.5. The molecule has 2 aromatic carbocycles. The fraction of sp³-hybridized carbons (Fsp3) is 0.143. The van der Waals surface area contributed by atoms with Crippen LogP contribution in [0, 0.1) is 23.3 Å². The Bertz CT molecular complexity index is 625. The molecule has 0 heterocycles. The highest BCUT2D eigenvalue weighted by atomic mass is 79.9. The number of halogens is 5. The van der Waals surface area contributed by atoms with E-state index in [-0.39, 0.29) is 16.5 Å². The molecule has 2 aromatic rings. The largest absolute Gasteiger partial charge is 0.323 e. The van der Waals surface area contributed by atoms with E-state index in [1.165, 1.54) is 12.1 Å². The van der Waals surface area contributed by atoms with Gasteiger partial charge in [-0.05, 0) is 46.6 Å². The molecule has 1 nitrogen and oxygen atoms in total. The van der Waals surface area contributed by atoms with Crippen molar-refractivity contribution in [1.82, 2.24) is 0 Å². The third-order valence-electron chi connectivity index (χ3n) is 2.94. The molecule has 2 rings (SSSR count). The maximum atomic E-state index is 13.9. The van der Waals surface area contributed by atoms with Crippen LogP contribution < -0.4 is 5.73 Å². The lowest BCUT2D eigenvalue weighted by Gasteiger charge is -2.15. The minimum absolute atomic E-state index is 0.0401. The smallest absolute Gasteiger partial charge is 0.145 e. The van der Waals surface area contributed by atoms with Gasteiger partial charge in [0, 0.05) is 17.2 Å². The standard InChI is InChI=1S/C14H10BrF4N/c15-8-4-5-11(18)13(14(8)19)12(20)6-7-9(16)2-1-3-10(7)17/h1-5,12H,6,20H2. The maximum Gasteiger partial charge on any atom is 0.145 e. The highest BCUT2D eigenvalue weighted by molar-refractivity contribution is 9.10. The Morgan fingerprint density at radius 3 is 2.15 bits per heavy atom. The second-order valence-electron chi connectivity index (χ2n) is 4.27. The molecule has 0 radical (unpaired) electrons. The summed E-state index contributed by atoms with van der Waals surface area (Å²) in [6, 6.07) is 4.39. The van der Waals surface area contributed by atoms with Crippen LogP contribution in [0.2, 0.25) is 0 Å². The molecule has 0 aromatic heterocycles. The first kappa shape index (κ1) is 15.0. The number of hydrogen-bond donors (Lipinski definition) is 1. The molecular weight excluding hydrogens is 338 g/mol. The molecule has 0 aliphatic heterocycles. The van der Waals surface area contributed by atoms with Crippen molar-refractivity contribution in [1.29, 1.82) is 0 Å². The lowest BCUT2D eigenvalue weighted by Crippen LogP contribution is -2.18. The molecule has 0 amide bonds. The van der Waals surface area contributed by atoms with Crippen molar-refractivity contribution in [3.8, 4) is 0 Å². The van der Waals surface area contributed by atoms with Crippen LogP contribution in [-0.4, -0.2) is 0 Å². The predicted molar refractivity (Wildman–Crippen MR) is 71.0 cm³/mol. The van der Waals surface area contributed by atoms with Gasteiger partial charge in [0.1, 0.15) is 23.3 Å². The molecule has 0 aliphatic carbocycles. The zero-order valence-electron chi connectivity index (χ0n) is 10.1. The van der Waals surface area contributed by atoms with E-state index in [1.54, 1.807) is 0 Å². The highest BCUT2D eigenvalue weighted by Crippen LogP contribution is 2.28. The van der Waals surface area contributed by atoms with Gasteiger partial charge in [0.05, 0.1) is 4.47 Å². The van der Waals surface area contributed by atoms with Crippen molar-refractivity contribution >= 4 is 15.9 Å². The van der Waals surface area contributed by atoms with Crippen molar-refractivity contribution in [2.75, 3.05) is 0 Å². The summed E-state index contributed by atoms with van der Waals surface area (Å²) in [6.07, 6.45) is -0.344. The highest BCUT2D eigenvalue weighted by Gasteiger charge is 2.21. The average molecular weight is 348 g/mol. The third kappa shape index (κ3) is 2.86. The van der Waals surface area contributed by atoms with Gasteiger partial charge >= 0.3 is 0 Å². The van der Waals surface area contributed by atoms with Gasteiger partial charge in [0.25, 0.3) is 0 Å². The number of rotatable bonds is 3. The van der Waals surface area contributed by atoms with Crippen LogP contribution in [0.4, 0.5) is 17.6 Å². The topological polar surface area (TPSA) is 26.0 Å². The van der Waals surface area contributed by atoms with Crippen LogP contribution in [0.15, 0.2) is 34.8 Å². The van der Waals surface area contributed by atoms with E-state index in [2.05, 4.69) is 15.9 Å². The minimum Gasteiger partial charge on any atom is -0.323 e. The summed E-state index contributed by atoms with van der Waals surface area (Å²) in [5.41, 5.74) is 5.01.